The second kappa shape index (κ2) is 8.14. The summed E-state index contributed by atoms with van der Waals surface area (Å²) >= 11 is 0. The molecule has 0 aliphatic heterocycles. The number of aromatic nitrogens is 1. The highest BCUT2D eigenvalue weighted by atomic mass is 19.1. The minimum absolute atomic E-state index is 0.159. The molecule has 0 saturated carbocycles. The van der Waals surface area contributed by atoms with Crippen LogP contribution in [0.3, 0.4) is 0 Å². The number of anilines is 2. The lowest BCUT2D eigenvalue weighted by Gasteiger charge is -2.16. The van der Waals surface area contributed by atoms with Crippen LogP contribution < -0.4 is 21.8 Å². The van der Waals surface area contributed by atoms with Gasteiger partial charge in [0.25, 0.3) is 5.56 Å². The lowest BCUT2D eigenvalue weighted by atomic mass is 10.0. The summed E-state index contributed by atoms with van der Waals surface area (Å²) < 4.78 is 34.3. The van der Waals surface area contributed by atoms with Crippen molar-refractivity contribution in [3.05, 3.63) is 70.1 Å². The van der Waals surface area contributed by atoms with E-state index < -0.39 is 11.6 Å². The molecule has 6 nitrogen and oxygen atoms in total. The van der Waals surface area contributed by atoms with Gasteiger partial charge in [-0.05, 0) is 37.3 Å². The molecule has 3 aromatic rings. The number of aryl methyl sites for hydroxylation is 1. The lowest BCUT2D eigenvalue weighted by Crippen LogP contribution is -2.23. The second-order valence-electron chi connectivity index (χ2n) is 6.35. The van der Waals surface area contributed by atoms with Gasteiger partial charge in [-0.1, -0.05) is 0 Å². The van der Waals surface area contributed by atoms with Gasteiger partial charge in [0.15, 0.2) is 11.6 Å². The number of aliphatic imine (C=N–C) groups is 1. The molecule has 2 aromatic carbocycles. The zero-order chi connectivity index (χ0) is 21.1. The summed E-state index contributed by atoms with van der Waals surface area (Å²) in [6.45, 7) is 2.32. The van der Waals surface area contributed by atoms with E-state index in [1.807, 2.05) is 6.92 Å². The highest BCUT2D eigenvalue weighted by Crippen LogP contribution is 2.38. The zero-order valence-electron chi connectivity index (χ0n) is 15.9. The van der Waals surface area contributed by atoms with Gasteiger partial charge in [0.2, 0.25) is 0 Å². The molecule has 0 unspecified atom stereocenters. The van der Waals surface area contributed by atoms with E-state index in [1.165, 1.54) is 16.8 Å². The van der Waals surface area contributed by atoms with Crippen molar-refractivity contribution in [2.24, 2.45) is 12.0 Å². The standard InChI is InChI=1S/C21H20F2N4O2/c1-3-26-10-15-20(25)16(11-27(2)21(15)28)14-9-13(24)5-7-18(14)29-19-6-4-12(22)8-17(19)23/h4-11H,3,24-25H2,1-2H3. The quantitative estimate of drug-likeness (QED) is 0.506. The van der Waals surface area contributed by atoms with Crippen molar-refractivity contribution in [3.63, 3.8) is 0 Å². The van der Waals surface area contributed by atoms with E-state index >= 15 is 0 Å². The van der Waals surface area contributed by atoms with Crippen LogP contribution in [0, 0.1) is 11.6 Å². The Morgan fingerprint density at radius 1 is 1.10 bits per heavy atom. The fourth-order valence-corrected chi connectivity index (χ4v) is 2.82. The monoisotopic (exact) mass is 398 g/mol. The number of hydrogen-bond donors (Lipinski definition) is 2. The summed E-state index contributed by atoms with van der Waals surface area (Å²) in [6, 6.07) is 7.75. The van der Waals surface area contributed by atoms with Crippen LogP contribution in [0.5, 0.6) is 11.5 Å². The van der Waals surface area contributed by atoms with E-state index in [4.69, 9.17) is 16.2 Å². The van der Waals surface area contributed by atoms with Gasteiger partial charge in [0.1, 0.15) is 11.6 Å². The molecule has 0 aliphatic carbocycles. The van der Waals surface area contributed by atoms with Gasteiger partial charge in [-0.25, -0.2) is 8.78 Å². The molecule has 0 bridgehead atoms. The molecule has 8 heteroatoms. The van der Waals surface area contributed by atoms with Gasteiger partial charge in [0.05, 0.1) is 11.3 Å². The third-order valence-electron chi connectivity index (χ3n) is 4.26. The van der Waals surface area contributed by atoms with Crippen LogP contribution in [0.2, 0.25) is 0 Å². The number of nitrogen functional groups attached to an aromatic ring is 2. The van der Waals surface area contributed by atoms with Gasteiger partial charge < -0.3 is 20.8 Å². The summed E-state index contributed by atoms with van der Waals surface area (Å²) in [7, 11) is 1.58. The first-order chi connectivity index (χ1) is 13.8. The highest BCUT2D eigenvalue weighted by Gasteiger charge is 2.17. The summed E-state index contributed by atoms with van der Waals surface area (Å²) in [6.07, 6.45) is 2.97. The Balaban J connectivity index is 2.19. The zero-order valence-corrected chi connectivity index (χ0v) is 15.9. The minimum Gasteiger partial charge on any atom is -0.454 e. The maximum absolute atomic E-state index is 14.1. The maximum Gasteiger partial charge on any atom is 0.261 e. The molecule has 0 atom stereocenters. The number of nitrogens with two attached hydrogens (primary N) is 2. The molecule has 4 N–H and O–H groups in total. The Morgan fingerprint density at radius 2 is 1.83 bits per heavy atom. The van der Waals surface area contributed by atoms with Gasteiger partial charge in [-0.15, -0.1) is 0 Å². The van der Waals surface area contributed by atoms with Gasteiger partial charge in [-0.2, -0.15) is 0 Å². The Morgan fingerprint density at radius 3 is 2.52 bits per heavy atom. The maximum atomic E-state index is 14.1. The van der Waals surface area contributed by atoms with E-state index in [1.54, 1.807) is 31.4 Å². The number of ether oxygens (including phenoxy) is 1. The van der Waals surface area contributed by atoms with Crippen LogP contribution in [-0.4, -0.2) is 17.3 Å². The second-order valence-corrected chi connectivity index (χ2v) is 6.35. The molecule has 3 rings (SSSR count). The Labute approximate surface area is 166 Å². The predicted molar refractivity (Wildman–Crippen MR) is 111 cm³/mol. The van der Waals surface area contributed by atoms with Crippen molar-refractivity contribution in [2.45, 2.75) is 6.92 Å². The smallest absolute Gasteiger partial charge is 0.261 e. The van der Waals surface area contributed by atoms with Crippen LogP contribution in [-0.2, 0) is 7.05 Å². The summed E-state index contributed by atoms with van der Waals surface area (Å²) in [5.74, 6) is -1.48. The van der Waals surface area contributed by atoms with Crippen LogP contribution >= 0.6 is 0 Å². The highest BCUT2D eigenvalue weighted by molar-refractivity contribution is 5.94. The number of hydrogen-bond acceptors (Lipinski definition) is 5. The molecule has 0 radical (unpaired) electrons. The first kappa shape index (κ1) is 20.1. The number of nitrogens with zero attached hydrogens (tertiary/aromatic N) is 2. The van der Waals surface area contributed by atoms with Crippen LogP contribution in [0.4, 0.5) is 20.2 Å². The Bertz CT molecular complexity index is 1160. The average Bonchev–Trinajstić information content (AvgIpc) is 2.68. The fourth-order valence-electron chi connectivity index (χ4n) is 2.82. The van der Waals surface area contributed by atoms with Gasteiger partial charge in [0, 0.05) is 48.9 Å². The number of benzene rings is 2. The number of rotatable bonds is 5. The van der Waals surface area contributed by atoms with Crippen LogP contribution in [0.1, 0.15) is 12.5 Å². The molecule has 29 heavy (non-hydrogen) atoms. The summed E-state index contributed by atoms with van der Waals surface area (Å²) in [5.41, 5.74) is 13.7. The van der Waals surface area contributed by atoms with E-state index in [0.717, 1.165) is 12.1 Å². The van der Waals surface area contributed by atoms with Crippen molar-refractivity contribution in [1.82, 2.24) is 4.57 Å². The molecule has 0 aliphatic rings. The topological polar surface area (TPSA) is 95.6 Å². The molecule has 1 heterocycles. The predicted octanol–water partition coefficient (Wildman–Crippen LogP) is 3.73. The largest absolute Gasteiger partial charge is 0.454 e. The molecule has 0 fully saturated rings. The van der Waals surface area contributed by atoms with E-state index in [2.05, 4.69) is 4.99 Å². The number of halogens is 2. The first-order valence-corrected chi connectivity index (χ1v) is 8.83. The molecule has 0 amide bonds. The molecular formula is C21H20F2N4O2. The first-order valence-electron chi connectivity index (χ1n) is 8.83. The Kier molecular flexibility index (Phi) is 5.63. The molecule has 1 aromatic heterocycles. The third-order valence-corrected chi connectivity index (χ3v) is 4.26. The number of pyridine rings is 1. The lowest BCUT2D eigenvalue weighted by molar-refractivity contribution is 0.439. The van der Waals surface area contributed by atoms with Gasteiger partial charge in [-0.3, -0.25) is 9.79 Å². The third kappa shape index (κ3) is 4.11. The average molecular weight is 398 g/mol. The van der Waals surface area contributed by atoms with E-state index in [-0.39, 0.29) is 28.3 Å². The molecule has 0 saturated heterocycles. The van der Waals surface area contributed by atoms with Crippen LogP contribution in [0.25, 0.3) is 11.1 Å². The minimum atomic E-state index is -0.850. The van der Waals surface area contributed by atoms with Crippen molar-refractivity contribution in [2.75, 3.05) is 18.0 Å². The van der Waals surface area contributed by atoms with Crippen molar-refractivity contribution in [1.29, 1.82) is 0 Å². The van der Waals surface area contributed by atoms with Crippen LogP contribution in [0.15, 0.2) is 52.4 Å². The van der Waals surface area contributed by atoms with Crippen molar-refractivity contribution >= 4 is 17.6 Å². The normalized spacial score (nSPS) is 11.2. The van der Waals surface area contributed by atoms with Crippen molar-refractivity contribution < 1.29 is 13.5 Å². The van der Waals surface area contributed by atoms with Gasteiger partial charge >= 0.3 is 0 Å². The summed E-state index contributed by atoms with van der Waals surface area (Å²) in [4.78, 5) is 16.6. The summed E-state index contributed by atoms with van der Waals surface area (Å²) in [5, 5.41) is 0. The molecule has 150 valence electrons. The molecular weight excluding hydrogens is 378 g/mol. The SMILES string of the molecule is CCN=Cc1c(N)c(-c2cc(N)ccc2Oc2ccc(F)cc2F)cn(C)c1=O. The van der Waals surface area contributed by atoms with E-state index in [0.29, 0.717) is 23.4 Å². The van der Waals surface area contributed by atoms with E-state index in [9.17, 15) is 13.6 Å². The van der Waals surface area contributed by atoms with Crippen molar-refractivity contribution in [3.8, 4) is 22.6 Å². The Hall–Kier alpha value is -3.68. The molecule has 0 spiro atoms. The fraction of sp³-hybridized carbons (Fsp3) is 0.143.